The number of aromatic nitrogens is 3. The Morgan fingerprint density at radius 2 is 1.93 bits per heavy atom. The normalized spacial score (nSPS) is 27.7. The second-order valence-corrected chi connectivity index (χ2v) is 9.10. The minimum absolute atomic E-state index is 0.0308. The highest BCUT2D eigenvalue weighted by Gasteiger charge is 2.55. The molecule has 2 heterocycles. The molecule has 1 aliphatic heterocycles. The lowest BCUT2D eigenvalue weighted by Gasteiger charge is -2.47. The van der Waals surface area contributed by atoms with Gasteiger partial charge in [-0.05, 0) is 30.6 Å². The molecule has 3 unspecified atom stereocenters. The highest BCUT2D eigenvalue weighted by Crippen LogP contribution is 2.45. The van der Waals surface area contributed by atoms with Crippen LogP contribution in [-0.2, 0) is 25.5 Å². The van der Waals surface area contributed by atoms with Crippen LogP contribution >= 0.6 is 0 Å². The van der Waals surface area contributed by atoms with Gasteiger partial charge in [-0.3, -0.25) is 5.10 Å². The summed E-state index contributed by atoms with van der Waals surface area (Å²) in [5.41, 5.74) is 2.14. The van der Waals surface area contributed by atoms with E-state index in [0.29, 0.717) is 18.3 Å². The molecule has 3 atom stereocenters. The first-order valence-corrected chi connectivity index (χ1v) is 11.0. The maximum atomic E-state index is 12.7. The third kappa shape index (κ3) is 4.82. The van der Waals surface area contributed by atoms with Crippen LogP contribution < -0.4 is 5.43 Å². The monoisotopic (exact) mass is 419 g/mol. The van der Waals surface area contributed by atoms with Crippen LogP contribution in [0.3, 0.4) is 0 Å². The number of H-pyrrole nitrogens is 1. The molecule has 2 N–H and O–H groups in total. The van der Waals surface area contributed by atoms with E-state index in [-0.39, 0.29) is 17.8 Å². The van der Waals surface area contributed by atoms with E-state index < -0.39 is 23.4 Å². The summed E-state index contributed by atoms with van der Waals surface area (Å²) in [7, 11) is 0. The van der Waals surface area contributed by atoms with E-state index in [1.54, 1.807) is 0 Å². The topological polar surface area (TPSA) is 119 Å². The molecular weight excluding hydrogens is 386 g/mol. The fraction of sp³-hybridized carbons (Fsp3) is 0.762. The van der Waals surface area contributed by atoms with Gasteiger partial charge in [0.1, 0.15) is 5.82 Å². The van der Waals surface area contributed by atoms with Crippen molar-refractivity contribution in [2.75, 3.05) is 5.43 Å². The molecule has 1 saturated carbocycles. The smallest absolute Gasteiger partial charge is 0.369 e. The van der Waals surface area contributed by atoms with Crippen molar-refractivity contribution in [1.82, 2.24) is 15.2 Å². The molecule has 30 heavy (non-hydrogen) atoms. The highest BCUT2D eigenvalue weighted by molar-refractivity contribution is 6.63. The number of hydrazone groups is 1. The minimum atomic E-state index is -1.20. The van der Waals surface area contributed by atoms with Crippen LogP contribution in [0.25, 0.3) is 0 Å². The zero-order valence-corrected chi connectivity index (χ0v) is 18.5. The predicted molar refractivity (Wildman–Crippen MR) is 111 cm³/mol. The quantitative estimate of drug-likeness (QED) is 0.513. The van der Waals surface area contributed by atoms with Crippen molar-refractivity contribution in [2.45, 2.75) is 78.9 Å². The lowest BCUT2D eigenvalue weighted by atomic mass is 9.72. The number of ether oxygens (including phenoxy) is 2. The first-order valence-electron chi connectivity index (χ1n) is 11.0. The number of carbonyl (C=O) groups excluding carboxylic acids is 2. The van der Waals surface area contributed by atoms with Gasteiger partial charge in [-0.25, -0.2) is 15.0 Å². The van der Waals surface area contributed by atoms with E-state index >= 15 is 0 Å². The van der Waals surface area contributed by atoms with Crippen molar-refractivity contribution >= 4 is 23.6 Å². The Labute approximate surface area is 177 Å². The summed E-state index contributed by atoms with van der Waals surface area (Å²) in [6, 6.07) is 0. The number of esters is 2. The van der Waals surface area contributed by atoms with Crippen LogP contribution in [0.2, 0.25) is 0 Å². The summed E-state index contributed by atoms with van der Waals surface area (Å²) in [6.07, 6.45) is 5.35. The first-order chi connectivity index (χ1) is 14.2. The number of nitrogens with zero attached hydrogens (tertiary/aromatic N) is 3. The third-order valence-corrected chi connectivity index (χ3v) is 6.01. The average molecular weight is 420 g/mol. The lowest BCUT2D eigenvalue weighted by molar-refractivity contribution is -0.267. The second-order valence-electron chi connectivity index (χ2n) is 9.10. The Hall–Kier alpha value is -2.45. The largest absolute Gasteiger partial charge is 0.417 e. The van der Waals surface area contributed by atoms with E-state index in [1.807, 2.05) is 0 Å². The molecule has 0 bridgehead atoms. The number of rotatable bonds is 7. The maximum Gasteiger partial charge on any atom is 0.369 e. The van der Waals surface area contributed by atoms with E-state index in [4.69, 9.17) is 9.47 Å². The molecule has 9 nitrogen and oxygen atoms in total. The number of carbonyl (C=O) groups is 2. The van der Waals surface area contributed by atoms with Gasteiger partial charge in [0.15, 0.2) is 0 Å². The number of anilines is 1. The Balaban J connectivity index is 1.69. The van der Waals surface area contributed by atoms with Crippen molar-refractivity contribution in [2.24, 2.45) is 28.8 Å². The minimum Gasteiger partial charge on any atom is -0.417 e. The van der Waals surface area contributed by atoms with Crippen LogP contribution in [0.15, 0.2) is 5.10 Å². The van der Waals surface area contributed by atoms with Crippen LogP contribution in [0.5, 0.6) is 0 Å². The number of hydrogen-bond donors (Lipinski definition) is 2. The summed E-state index contributed by atoms with van der Waals surface area (Å²) in [6.45, 7) is 10.5. The summed E-state index contributed by atoms with van der Waals surface area (Å²) in [5.74, 6) is -0.861. The Morgan fingerprint density at radius 1 is 1.23 bits per heavy atom. The fourth-order valence-corrected chi connectivity index (χ4v) is 4.57. The molecule has 2 fully saturated rings. The van der Waals surface area contributed by atoms with Crippen LogP contribution in [0.1, 0.15) is 72.5 Å². The van der Waals surface area contributed by atoms with E-state index in [0.717, 1.165) is 37.9 Å². The van der Waals surface area contributed by atoms with Crippen LogP contribution in [0, 0.1) is 23.7 Å². The van der Waals surface area contributed by atoms with E-state index in [2.05, 4.69) is 60.3 Å². The first kappa shape index (κ1) is 22.2. The second kappa shape index (κ2) is 9.14. The van der Waals surface area contributed by atoms with Crippen molar-refractivity contribution in [3.05, 3.63) is 5.82 Å². The maximum absolute atomic E-state index is 12.7. The van der Waals surface area contributed by atoms with Crippen LogP contribution in [-0.4, -0.2) is 38.6 Å². The number of aromatic amines is 1. The zero-order valence-electron chi connectivity index (χ0n) is 18.5. The van der Waals surface area contributed by atoms with Gasteiger partial charge in [0.05, 0.1) is 0 Å². The molecule has 1 aromatic rings. The van der Waals surface area contributed by atoms with Gasteiger partial charge in [0.25, 0.3) is 17.4 Å². The Bertz CT molecular complexity index is 783. The van der Waals surface area contributed by atoms with Crippen LogP contribution in [0.4, 0.5) is 5.95 Å². The standard InChI is InChI=1S/C21H33N5O4/c1-6-7-13(4)10-16-22-20(25-23-16)26-24-17-18(27)29-21(30-19(17)28)11-14(5)8-9-15(21)12(2)3/h12-15H,6-11H2,1-5H3,(H2,22,23,25,26). The summed E-state index contributed by atoms with van der Waals surface area (Å²) < 4.78 is 11.4. The zero-order chi connectivity index (χ0) is 21.9. The van der Waals surface area contributed by atoms with Crippen molar-refractivity contribution in [3.63, 3.8) is 0 Å². The Kier molecular flexibility index (Phi) is 6.77. The highest BCUT2D eigenvalue weighted by atomic mass is 16.7. The number of hydrogen-bond acceptors (Lipinski definition) is 8. The predicted octanol–water partition coefficient (Wildman–Crippen LogP) is 3.44. The lowest BCUT2D eigenvalue weighted by Crippen LogP contribution is -2.58. The summed E-state index contributed by atoms with van der Waals surface area (Å²) in [4.78, 5) is 29.6. The fourth-order valence-electron chi connectivity index (χ4n) is 4.57. The molecule has 1 aliphatic carbocycles. The van der Waals surface area contributed by atoms with Crippen molar-refractivity contribution in [3.8, 4) is 0 Å². The van der Waals surface area contributed by atoms with Gasteiger partial charge >= 0.3 is 11.9 Å². The molecule has 9 heteroatoms. The van der Waals surface area contributed by atoms with E-state index in [9.17, 15) is 9.59 Å². The molecule has 0 amide bonds. The molecule has 2 aliphatic rings. The van der Waals surface area contributed by atoms with Gasteiger partial charge in [-0.15, -0.1) is 5.10 Å². The molecule has 1 saturated heterocycles. The molecular formula is C21H33N5O4. The van der Waals surface area contributed by atoms with Gasteiger partial charge < -0.3 is 9.47 Å². The molecule has 3 rings (SSSR count). The van der Waals surface area contributed by atoms with Gasteiger partial charge in [-0.1, -0.05) is 47.5 Å². The summed E-state index contributed by atoms with van der Waals surface area (Å²) >= 11 is 0. The van der Waals surface area contributed by atoms with Gasteiger partial charge in [0, 0.05) is 18.8 Å². The van der Waals surface area contributed by atoms with Crippen molar-refractivity contribution < 1.29 is 19.1 Å². The summed E-state index contributed by atoms with van der Waals surface area (Å²) in [5, 5.41) is 10.8. The average Bonchev–Trinajstić information content (AvgIpc) is 3.07. The SMILES string of the molecule is CCCC(C)Cc1nc(NN=C2C(=O)OC3(CC(C)CCC3C(C)C)OC2=O)n[nH]1. The molecule has 1 spiro atoms. The Morgan fingerprint density at radius 3 is 2.57 bits per heavy atom. The van der Waals surface area contributed by atoms with Gasteiger partial charge in [-0.2, -0.15) is 10.1 Å². The molecule has 166 valence electrons. The van der Waals surface area contributed by atoms with Crippen molar-refractivity contribution in [1.29, 1.82) is 0 Å². The van der Waals surface area contributed by atoms with Gasteiger partial charge in [0.2, 0.25) is 0 Å². The molecule has 0 radical (unpaired) electrons. The molecule has 1 aromatic heterocycles. The molecule has 0 aromatic carbocycles. The van der Waals surface area contributed by atoms with E-state index in [1.165, 1.54) is 0 Å². The third-order valence-electron chi connectivity index (χ3n) is 6.01. The number of nitrogens with one attached hydrogen (secondary N) is 2.